The fourth-order valence-corrected chi connectivity index (χ4v) is 10.4. The van der Waals surface area contributed by atoms with Gasteiger partial charge in [0.1, 0.15) is 0 Å². The predicted molar refractivity (Wildman–Crippen MR) is 129 cm³/mol. The zero-order valence-electron chi connectivity index (χ0n) is 20.7. The van der Waals surface area contributed by atoms with E-state index >= 15 is 0 Å². The molecule has 0 aromatic rings. The molecule has 0 spiro atoms. The Hall–Kier alpha value is -0.560. The Morgan fingerprint density at radius 3 is 1.16 bits per heavy atom. The van der Waals surface area contributed by atoms with Crippen LogP contribution in [0.1, 0.15) is 91.9 Å². The standard InChI is InChI=1S/C30H46O/c1-19(15-29(3)25-7-21-5-22(9-25)10-26(29)8-21)17-31-18-20(2)16-30(4)27-11-23-6-24(13-27)14-28(30)12-23/h15-16,21-28H,5-14,17-18H2,1-4H3. The zero-order chi connectivity index (χ0) is 21.4. The molecule has 0 aliphatic heterocycles. The van der Waals surface area contributed by atoms with Crippen LogP contribution in [0.5, 0.6) is 0 Å². The normalized spacial score (nSPS) is 52.9. The van der Waals surface area contributed by atoms with Gasteiger partial charge in [-0.15, -0.1) is 0 Å². The molecule has 8 aliphatic carbocycles. The van der Waals surface area contributed by atoms with Crippen molar-refractivity contribution >= 4 is 0 Å². The largest absolute Gasteiger partial charge is 0.373 e. The van der Waals surface area contributed by atoms with E-state index in [1.54, 1.807) is 12.8 Å². The van der Waals surface area contributed by atoms with E-state index in [4.69, 9.17) is 4.74 Å². The summed E-state index contributed by atoms with van der Waals surface area (Å²) < 4.78 is 6.30. The van der Waals surface area contributed by atoms with E-state index in [2.05, 4.69) is 39.8 Å². The third-order valence-electron chi connectivity index (χ3n) is 11.6. The Bertz CT molecular complexity index is 649. The first-order valence-electron chi connectivity index (χ1n) is 13.8. The van der Waals surface area contributed by atoms with E-state index in [0.717, 1.165) is 60.6 Å². The number of hydrogen-bond donors (Lipinski definition) is 0. The van der Waals surface area contributed by atoms with Crippen molar-refractivity contribution in [2.75, 3.05) is 13.2 Å². The van der Waals surface area contributed by atoms with E-state index in [1.165, 1.54) is 62.5 Å². The van der Waals surface area contributed by atoms with Crippen molar-refractivity contribution in [2.45, 2.75) is 91.9 Å². The van der Waals surface area contributed by atoms with E-state index in [-0.39, 0.29) is 0 Å². The molecule has 0 N–H and O–H groups in total. The fourth-order valence-electron chi connectivity index (χ4n) is 10.4. The molecular formula is C30H46O. The van der Waals surface area contributed by atoms with Crippen molar-refractivity contribution in [3.63, 3.8) is 0 Å². The summed E-state index contributed by atoms with van der Waals surface area (Å²) in [4.78, 5) is 0. The van der Waals surface area contributed by atoms with Gasteiger partial charge < -0.3 is 4.74 Å². The Morgan fingerprint density at radius 1 is 0.581 bits per heavy atom. The Kier molecular flexibility index (Phi) is 5.07. The molecule has 172 valence electrons. The van der Waals surface area contributed by atoms with Gasteiger partial charge in [-0.3, -0.25) is 0 Å². The van der Waals surface area contributed by atoms with E-state index < -0.39 is 0 Å². The second kappa shape index (κ2) is 7.48. The smallest absolute Gasteiger partial charge is 0.0678 e. The Morgan fingerprint density at radius 2 is 0.871 bits per heavy atom. The summed E-state index contributed by atoms with van der Waals surface area (Å²) in [6.45, 7) is 11.5. The number of hydrogen-bond acceptors (Lipinski definition) is 1. The molecule has 31 heavy (non-hydrogen) atoms. The molecule has 0 radical (unpaired) electrons. The number of rotatable bonds is 6. The topological polar surface area (TPSA) is 9.23 Å². The van der Waals surface area contributed by atoms with Gasteiger partial charge in [0.25, 0.3) is 0 Å². The van der Waals surface area contributed by atoms with Gasteiger partial charge in [0.05, 0.1) is 13.2 Å². The van der Waals surface area contributed by atoms with Gasteiger partial charge in [0.15, 0.2) is 0 Å². The van der Waals surface area contributed by atoms with Gasteiger partial charge in [-0.1, -0.05) is 37.1 Å². The highest BCUT2D eigenvalue weighted by Gasteiger charge is 2.54. The maximum Gasteiger partial charge on any atom is 0.0678 e. The van der Waals surface area contributed by atoms with Gasteiger partial charge >= 0.3 is 0 Å². The van der Waals surface area contributed by atoms with Crippen LogP contribution < -0.4 is 0 Å². The van der Waals surface area contributed by atoms with Gasteiger partial charge in [-0.05, 0) is 136 Å². The van der Waals surface area contributed by atoms with E-state index in [0.29, 0.717) is 10.8 Å². The second-order valence-corrected chi connectivity index (χ2v) is 13.8. The molecule has 0 atom stereocenters. The second-order valence-electron chi connectivity index (χ2n) is 13.8. The third-order valence-corrected chi connectivity index (χ3v) is 11.6. The fraction of sp³-hybridized carbons (Fsp3) is 0.867. The van der Waals surface area contributed by atoms with Crippen molar-refractivity contribution in [1.82, 2.24) is 0 Å². The number of ether oxygens (including phenoxy) is 1. The quantitative estimate of drug-likeness (QED) is 0.396. The highest BCUT2D eigenvalue weighted by atomic mass is 16.5. The molecule has 0 amide bonds. The van der Waals surface area contributed by atoms with E-state index in [9.17, 15) is 0 Å². The first-order chi connectivity index (χ1) is 14.8. The molecule has 0 aromatic heterocycles. The molecule has 8 aliphatic rings. The molecule has 8 bridgehead atoms. The maximum atomic E-state index is 6.30. The lowest BCUT2D eigenvalue weighted by Crippen LogP contribution is -2.50. The van der Waals surface area contributed by atoms with Crippen LogP contribution in [-0.4, -0.2) is 13.2 Å². The molecule has 8 rings (SSSR count). The first-order valence-corrected chi connectivity index (χ1v) is 13.8. The summed E-state index contributed by atoms with van der Waals surface area (Å²) in [6.07, 6.45) is 20.4. The van der Waals surface area contributed by atoms with Gasteiger partial charge in [-0.2, -0.15) is 0 Å². The summed E-state index contributed by atoms with van der Waals surface area (Å²) in [6, 6.07) is 0. The minimum atomic E-state index is 0.444. The van der Waals surface area contributed by atoms with Crippen molar-refractivity contribution in [3.8, 4) is 0 Å². The summed E-state index contributed by atoms with van der Waals surface area (Å²) in [5.41, 5.74) is 3.84. The number of allylic oxidation sites excluding steroid dienone is 2. The van der Waals surface area contributed by atoms with Crippen LogP contribution >= 0.6 is 0 Å². The SMILES string of the molecule is CC(=CC1(C)C2CC3CC(C2)CC1C3)COCC(C)=CC1(C)C2CC3CC(C2)CC1C3. The van der Waals surface area contributed by atoms with Crippen LogP contribution in [0.3, 0.4) is 0 Å². The molecule has 0 heterocycles. The average molecular weight is 423 g/mol. The van der Waals surface area contributed by atoms with Crippen molar-refractivity contribution in [1.29, 1.82) is 0 Å². The first kappa shape index (κ1) is 21.0. The summed E-state index contributed by atoms with van der Waals surface area (Å²) in [5.74, 6) is 7.99. The highest BCUT2D eigenvalue weighted by Crippen LogP contribution is 2.64. The highest BCUT2D eigenvalue weighted by molar-refractivity contribution is 5.18. The van der Waals surface area contributed by atoms with Gasteiger partial charge in [0, 0.05) is 0 Å². The summed E-state index contributed by atoms with van der Waals surface area (Å²) >= 11 is 0. The molecule has 0 saturated heterocycles. The molecule has 8 fully saturated rings. The molecule has 8 saturated carbocycles. The monoisotopic (exact) mass is 422 g/mol. The Labute approximate surface area is 191 Å². The minimum Gasteiger partial charge on any atom is -0.373 e. The molecular weight excluding hydrogens is 376 g/mol. The molecule has 0 unspecified atom stereocenters. The van der Waals surface area contributed by atoms with Crippen molar-refractivity contribution in [3.05, 3.63) is 23.3 Å². The minimum absolute atomic E-state index is 0.444. The van der Waals surface area contributed by atoms with Crippen LogP contribution in [0.15, 0.2) is 23.3 Å². The van der Waals surface area contributed by atoms with Crippen LogP contribution in [0.25, 0.3) is 0 Å². The summed E-state index contributed by atoms with van der Waals surface area (Å²) in [7, 11) is 0. The third kappa shape index (κ3) is 3.51. The predicted octanol–water partition coefficient (Wildman–Crippen LogP) is 7.82. The summed E-state index contributed by atoms with van der Waals surface area (Å²) in [5, 5.41) is 0. The average Bonchev–Trinajstić information content (AvgIpc) is 2.69. The van der Waals surface area contributed by atoms with Crippen molar-refractivity contribution < 1.29 is 4.74 Å². The lowest BCUT2D eigenvalue weighted by molar-refractivity contribution is -0.0718. The zero-order valence-corrected chi connectivity index (χ0v) is 20.7. The molecule has 1 heteroatoms. The van der Waals surface area contributed by atoms with Crippen LogP contribution in [0, 0.1) is 58.2 Å². The maximum absolute atomic E-state index is 6.30. The van der Waals surface area contributed by atoms with Gasteiger partial charge in [-0.25, -0.2) is 0 Å². The van der Waals surface area contributed by atoms with Gasteiger partial charge in [0.2, 0.25) is 0 Å². The molecule has 1 nitrogen and oxygen atoms in total. The van der Waals surface area contributed by atoms with Crippen LogP contribution in [0.4, 0.5) is 0 Å². The van der Waals surface area contributed by atoms with E-state index in [1.807, 2.05) is 0 Å². The lowest BCUT2D eigenvalue weighted by Gasteiger charge is -2.59. The van der Waals surface area contributed by atoms with Crippen LogP contribution in [-0.2, 0) is 4.74 Å². The Balaban J connectivity index is 1.07. The lowest BCUT2D eigenvalue weighted by atomic mass is 9.46. The van der Waals surface area contributed by atoms with Crippen molar-refractivity contribution in [2.24, 2.45) is 58.2 Å². The van der Waals surface area contributed by atoms with Crippen LogP contribution in [0.2, 0.25) is 0 Å². The molecule has 0 aromatic carbocycles.